The Morgan fingerprint density at radius 3 is 2.71 bits per heavy atom. The van der Waals surface area contributed by atoms with E-state index in [0.717, 1.165) is 12.8 Å². The van der Waals surface area contributed by atoms with Crippen molar-refractivity contribution >= 4 is 23.3 Å². The van der Waals surface area contributed by atoms with Crippen molar-refractivity contribution in [2.75, 3.05) is 5.32 Å². The minimum absolute atomic E-state index is 0.166. The first-order valence-electron chi connectivity index (χ1n) is 5.93. The van der Waals surface area contributed by atoms with Gasteiger partial charge in [0.25, 0.3) is 0 Å². The Balaban J connectivity index is 1.82. The summed E-state index contributed by atoms with van der Waals surface area (Å²) in [5.41, 5.74) is 0.655. The first-order chi connectivity index (χ1) is 8.24. The molecule has 0 spiro atoms. The predicted molar refractivity (Wildman–Crippen MR) is 68.3 cm³/mol. The number of urea groups is 1. The van der Waals surface area contributed by atoms with Gasteiger partial charge in [0, 0.05) is 6.04 Å². The van der Waals surface area contributed by atoms with Gasteiger partial charge in [-0.05, 0) is 25.0 Å². The van der Waals surface area contributed by atoms with Gasteiger partial charge in [0.15, 0.2) is 0 Å². The fourth-order valence-corrected chi connectivity index (χ4v) is 2.16. The molecule has 4 nitrogen and oxygen atoms in total. The molecule has 1 aromatic rings. The third-order valence-electron chi connectivity index (χ3n) is 2.93. The molecule has 0 unspecified atom stereocenters. The second-order valence-electron chi connectivity index (χ2n) is 4.30. The van der Waals surface area contributed by atoms with Crippen molar-refractivity contribution in [1.82, 2.24) is 10.3 Å². The molecule has 17 heavy (non-hydrogen) atoms. The fourth-order valence-electron chi connectivity index (χ4n) is 2.05. The van der Waals surface area contributed by atoms with Crippen LogP contribution in [0.15, 0.2) is 18.3 Å². The van der Waals surface area contributed by atoms with Crippen molar-refractivity contribution in [2.24, 2.45) is 0 Å². The Morgan fingerprint density at radius 1 is 1.29 bits per heavy atom. The summed E-state index contributed by atoms with van der Waals surface area (Å²) < 4.78 is 0. The molecule has 2 amide bonds. The van der Waals surface area contributed by atoms with E-state index in [1.165, 1.54) is 19.3 Å². The van der Waals surface area contributed by atoms with E-state index in [4.69, 9.17) is 11.6 Å². The minimum atomic E-state index is -0.166. The number of anilines is 1. The zero-order chi connectivity index (χ0) is 12.1. The SMILES string of the molecule is O=C(Nc1ccc(Cl)nc1)NC1CCCCC1. The number of amides is 2. The monoisotopic (exact) mass is 253 g/mol. The summed E-state index contributed by atoms with van der Waals surface area (Å²) >= 11 is 5.66. The molecule has 2 rings (SSSR count). The van der Waals surface area contributed by atoms with E-state index < -0.39 is 0 Å². The maximum absolute atomic E-state index is 11.7. The molecule has 1 aliphatic rings. The van der Waals surface area contributed by atoms with Crippen molar-refractivity contribution in [2.45, 2.75) is 38.1 Å². The number of hydrogen-bond donors (Lipinski definition) is 2. The van der Waals surface area contributed by atoms with E-state index in [9.17, 15) is 4.79 Å². The van der Waals surface area contributed by atoms with Crippen LogP contribution in [0.4, 0.5) is 10.5 Å². The first-order valence-corrected chi connectivity index (χ1v) is 6.31. The zero-order valence-corrected chi connectivity index (χ0v) is 10.3. The molecular formula is C12H16ClN3O. The summed E-state index contributed by atoms with van der Waals surface area (Å²) in [5, 5.41) is 6.14. The fraction of sp³-hybridized carbons (Fsp3) is 0.500. The van der Waals surface area contributed by atoms with Crippen molar-refractivity contribution in [3.63, 3.8) is 0 Å². The molecule has 1 aliphatic carbocycles. The maximum Gasteiger partial charge on any atom is 0.319 e. The first kappa shape index (κ1) is 12.2. The van der Waals surface area contributed by atoms with Crippen molar-refractivity contribution in [1.29, 1.82) is 0 Å². The molecule has 0 aromatic carbocycles. The number of carbonyl (C=O) groups is 1. The minimum Gasteiger partial charge on any atom is -0.335 e. The van der Waals surface area contributed by atoms with Crippen LogP contribution in [-0.2, 0) is 0 Å². The molecule has 0 atom stereocenters. The molecule has 0 aliphatic heterocycles. The molecule has 1 fully saturated rings. The second kappa shape index (κ2) is 5.87. The summed E-state index contributed by atoms with van der Waals surface area (Å²) in [6, 6.07) is 3.53. The van der Waals surface area contributed by atoms with Gasteiger partial charge in [-0.2, -0.15) is 0 Å². The van der Waals surface area contributed by atoms with Crippen LogP contribution in [0.3, 0.4) is 0 Å². The van der Waals surface area contributed by atoms with Crippen LogP contribution in [0.2, 0.25) is 5.15 Å². The van der Waals surface area contributed by atoms with E-state index in [1.807, 2.05) is 0 Å². The number of hydrogen-bond acceptors (Lipinski definition) is 2. The number of pyridine rings is 1. The highest BCUT2D eigenvalue weighted by Gasteiger charge is 2.15. The Hall–Kier alpha value is -1.29. The number of nitrogens with one attached hydrogen (secondary N) is 2. The average molecular weight is 254 g/mol. The highest BCUT2D eigenvalue weighted by atomic mass is 35.5. The lowest BCUT2D eigenvalue weighted by Gasteiger charge is -2.22. The van der Waals surface area contributed by atoms with E-state index in [-0.39, 0.29) is 6.03 Å². The molecule has 0 bridgehead atoms. The molecular weight excluding hydrogens is 238 g/mol. The van der Waals surface area contributed by atoms with Crippen LogP contribution in [-0.4, -0.2) is 17.1 Å². The quantitative estimate of drug-likeness (QED) is 0.796. The Bertz CT molecular complexity index is 374. The highest BCUT2D eigenvalue weighted by Crippen LogP contribution is 2.17. The summed E-state index contributed by atoms with van der Waals surface area (Å²) in [5.74, 6) is 0. The van der Waals surface area contributed by atoms with Gasteiger partial charge >= 0.3 is 6.03 Å². The predicted octanol–water partition coefficient (Wildman–Crippen LogP) is 3.19. The average Bonchev–Trinajstić information content (AvgIpc) is 2.33. The normalized spacial score (nSPS) is 16.5. The van der Waals surface area contributed by atoms with Gasteiger partial charge in [-0.15, -0.1) is 0 Å². The highest BCUT2D eigenvalue weighted by molar-refractivity contribution is 6.29. The van der Waals surface area contributed by atoms with Crippen LogP contribution in [0.25, 0.3) is 0 Å². The molecule has 0 saturated heterocycles. The third-order valence-corrected chi connectivity index (χ3v) is 3.15. The smallest absolute Gasteiger partial charge is 0.319 e. The van der Waals surface area contributed by atoms with Gasteiger partial charge < -0.3 is 10.6 Å². The number of rotatable bonds is 2. The molecule has 92 valence electrons. The van der Waals surface area contributed by atoms with Crippen molar-refractivity contribution < 1.29 is 4.79 Å². The van der Waals surface area contributed by atoms with E-state index in [2.05, 4.69) is 15.6 Å². The van der Waals surface area contributed by atoms with Crippen LogP contribution >= 0.6 is 11.6 Å². The number of halogens is 1. The lowest BCUT2D eigenvalue weighted by atomic mass is 9.96. The summed E-state index contributed by atoms with van der Waals surface area (Å²) in [4.78, 5) is 15.6. The lowest BCUT2D eigenvalue weighted by molar-refractivity contribution is 0.244. The van der Waals surface area contributed by atoms with Crippen LogP contribution in [0, 0.1) is 0 Å². The van der Waals surface area contributed by atoms with Gasteiger partial charge in [-0.1, -0.05) is 30.9 Å². The zero-order valence-electron chi connectivity index (χ0n) is 9.58. The van der Waals surface area contributed by atoms with Gasteiger partial charge in [0.2, 0.25) is 0 Å². The van der Waals surface area contributed by atoms with E-state index in [0.29, 0.717) is 16.9 Å². The van der Waals surface area contributed by atoms with Crippen LogP contribution < -0.4 is 10.6 Å². The van der Waals surface area contributed by atoms with Gasteiger partial charge in [0.1, 0.15) is 5.15 Å². The maximum atomic E-state index is 11.7. The number of nitrogens with zero attached hydrogens (tertiary/aromatic N) is 1. The Kier molecular flexibility index (Phi) is 4.20. The van der Waals surface area contributed by atoms with Gasteiger partial charge in [-0.3, -0.25) is 0 Å². The number of carbonyl (C=O) groups excluding carboxylic acids is 1. The Morgan fingerprint density at radius 2 is 2.06 bits per heavy atom. The second-order valence-corrected chi connectivity index (χ2v) is 4.69. The summed E-state index contributed by atoms with van der Waals surface area (Å²) in [6.07, 6.45) is 7.38. The molecule has 1 aromatic heterocycles. The van der Waals surface area contributed by atoms with Crippen LogP contribution in [0.5, 0.6) is 0 Å². The molecule has 1 heterocycles. The van der Waals surface area contributed by atoms with Crippen molar-refractivity contribution in [3.05, 3.63) is 23.5 Å². The Labute approximate surface area is 106 Å². The lowest BCUT2D eigenvalue weighted by Crippen LogP contribution is -2.39. The molecule has 1 saturated carbocycles. The van der Waals surface area contributed by atoms with E-state index >= 15 is 0 Å². The standard InChI is InChI=1S/C12H16ClN3O/c13-11-7-6-10(8-14-11)16-12(17)15-9-4-2-1-3-5-9/h6-9H,1-5H2,(H2,15,16,17). The topological polar surface area (TPSA) is 54.0 Å². The van der Waals surface area contributed by atoms with E-state index in [1.54, 1.807) is 18.3 Å². The third kappa shape index (κ3) is 3.89. The molecule has 0 radical (unpaired) electrons. The largest absolute Gasteiger partial charge is 0.335 e. The summed E-state index contributed by atoms with van der Waals surface area (Å²) in [7, 11) is 0. The van der Waals surface area contributed by atoms with Gasteiger partial charge in [0.05, 0.1) is 11.9 Å². The van der Waals surface area contributed by atoms with Gasteiger partial charge in [-0.25, -0.2) is 9.78 Å². The summed E-state index contributed by atoms with van der Waals surface area (Å²) in [6.45, 7) is 0. The molecule has 5 heteroatoms. The van der Waals surface area contributed by atoms with Crippen molar-refractivity contribution in [3.8, 4) is 0 Å². The molecule has 2 N–H and O–H groups in total. The van der Waals surface area contributed by atoms with Crippen LogP contribution in [0.1, 0.15) is 32.1 Å². The number of aromatic nitrogens is 1.